The van der Waals surface area contributed by atoms with E-state index in [-0.39, 0.29) is 5.91 Å². The minimum atomic E-state index is -0.836. The normalized spacial score (nSPS) is 11.9. The Bertz CT molecular complexity index is 450. The summed E-state index contributed by atoms with van der Waals surface area (Å²) < 4.78 is 0. The van der Waals surface area contributed by atoms with Gasteiger partial charge in [-0.3, -0.25) is 9.59 Å². The van der Waals surface area contributed by atoms with Crippen LogP contribution in [0.1, 0.15) is 19.8 Å². The molecule has 0 radical (unpaired) electrons. The molecule has 2 N–H and O–H groups in total. The Morgan fingerprint density at radius 2 is 2.00 bits per heavy atom. The number of carbonyl (C=O) groups excluding carboxylic acids is 1. The standard InChI is InChI=1S/C14H18ClNO3S/c1-10(14(18)19)6-8-16-13(17)7-9-20-12-4-2-11(15)3-5-12/h2-5,10H,6-9H2,1H3,(H,16,17)(H,18,19). The molecule has 1 rings (SSSR count). The molecule has 0 aliphatic carbocycles. The van der Waals surface area contributed by atoms with E-state index in [9.17, 15) is 9.59 Å². The van der Waals surface area contributed by atoms with E-state index in [2.05, 4.69) is 5.32 Å². The van der Waals surface area contributed by atoms with Crippen molar-refractivity contribution in [1.82, 2.24) is 5.32 Å². The van der Waals surface area contributed by atoms with Gasteiger partial charge in [0.1, 0.15) is 0 Å². The van der Waals surface area contributed by atoms with Gasteiger partial charge in [0.25, 0.3) is 0 Å². The highest BCUT2D eigenvalue weighted by Gasteiger charge is 2.10. The summed E-state index contributed by atoms with van der Waals surface area (Å²) in [6.45, 7) is 2.03. The van der Waals surface area contributed by atoms with E-state index in [0.29, 0.717) is 30.2 Å². The summed E-state index contributed by atoms with van der Waals surface area (Å²) in [5.41, 5.74) is 0. The third kappa shape index (κ3) is 6.82. The minimum Gasteiger partial charge on any atom is -0.481 e. The van der Waals surface area contributed by atoms with Gasteiger partial charge in [0, 0.05) is 28.6 Å². The summed E-state index contributed by atoms with van der Waals surface area (Å²) in [6.07, 6.45) is 0.861. The smallest absolute Gasteiger partial charge is 0.306 e. The Hall–Kier alpha value is -1.20. The van der Waals surface area contributed by atoms with Crippen LogP contribution in [0.5, 0.6) is 0 Å². The lowest BCUT2D eigenvalue weighted by Gasteiger charge is -2.07. The average Bonchev–Trinajstić information content (AvgIpc) is 2.40. The van der Waals surface area contributed by atoms with Crippen LogP contribution in [-0.2, 0) is 9.59 Å². The average molecular weight is 316 g/mol. The maximum Gasteiger partial charge on any atom is 0.306 e. The Kier molecular flexibility index (Phi) is 7.47. The van der Waals surface area contributed by atoms with E-state index in [1.807, 2.05) is 24.3 Å². The van der Waals surface area contributed by atoms with Crippen molar-refractivity contribution in [3.05, 3.63) is 29.3 Å². The number of aliphatic carboxylic acids is 1. The molecule has 0 aliphatic rings. The van der Waals surface area contributed by atoms with Gasteiger partial charge in [0.05, 0.1) is 5.92 Å². The van der Waals surface area contributed by atoms with Crippen molar-refractivity contribution in [2.24, 2.45) is 5.92 Å². The molecule has 4 nitrogen and oxygen atoms in total. The summed E-state index contributed by atoms with van der Waals surface area (Å²) in [6, 6.07) is 7.47. The molecule has 0 bridgehead atoms. The quantitative estimate of drug-likeness (QED) is 0.724. The van der Waals surface area contributed by atoms with E-state index in [1.165, 1.54) is 0 Å². The zero-order valence-corrected chi connectivity index (χ0v) is 12.8. The van der Waals surface area contributed by atoms with Crippen LogP contribution in [0.4, 0.5) is 0 Å². The molecule has 1 atom stereocenters. The number of amides is 1. The molecule has 0 saturated heterocycles. The van der Waals surface area contributed by atoms with Gasteiger partial charge in [-0.05, 0) is 30.7 Å². The van der Waals surface area contributed by atoms with Crippen molar-refractivity contribution in [1.29, 1.82) is 0 Å². The number of benzene rings is 1. The van der Waals surface area contributed by atoms with E-state index < -0.39 is 11.9 Å². The molecule has 1 aromatic rings. The van der Waals surface area contributed by atoms with Crippen LogP contribution in [0.2, 0.25) is 5.02 Å². The van der Waals surface area contributed by atoms with E-state index in [0.717, 1.165) is 4.90 Å². The number of rotatable bonds is 8. The van der Waals surface area contributed by atoms with Gasteiger partial charge in [-0.25, -0.2) is 0 Å². The molecule has 0 spiro atoms. The van der Waals surface area contributed by atoms with E-state index in [4.69, 9.17) is 16.7 Å². The largest absolute Gasteiger partial charge is 0.481 e. The molecule has 0 saturated carbocycles. The molecule has 1 unspecified atom stereocenters. The van der Waals surface area contributed by atoms with Crippen molar-refractivity contribution in [2.45, 2.75) is 24.7 Å². The second-order valence-corrected chi connectivity index (χ2v) is 6.04. The fraction of sp³-hybridized carbons (Fsp3) is 0.429. The van der Waals surface area contributed by atoms with Gasteiger partial charge in [0.2, 0.25) is 5.91 Å². The molecular formula is C14H18ClNO3S. The molecule has 20 heavy (non-hydrogen) atoms. The Labute approximate surface area is 127 Å². The number of hydrogen-bond donors (Lipinski definition) is 2. The lowest BCUT2D eigenvalue weighted by molar-refractivity contribution is -0.141. The maximum atomic E-state index is 11.5. The third-order valence-corrected chi connectivity index (χ3v) is 4.00. The van der Waals surface area contributed by atoms with Crippen LogP contribution < -0.4 is 5.32 Å². The summed E-state index contributed by atoms with van der Waals surface area (Å²) in [7, 11) is 0. The predicted octanol–water partition coefficient (Wildman–Crippen LogP) is 3.05. The van der Waals surface area contributed by atoms with Gasteiger partial charge in [-0.15, -0.1) is 11.8 Å². The highest BCUT2D eigenvalue weighted by atomic mass is 35.5. The summed E-state index contributed by atoms with van der Waals surface area (Å²) in [4.78, 5) is 23.2. The first-order valence-corrected chi connectivity index (χ1v) is 7.73. The monoisotopic (exact) mass is 315 g/mol. The highest BCUT2D eigenvalue weighted by Crippen LogP contribution is 2.20. The zero-order chi connectivity index (χ0) is 15.0. The highest BCUT2D eigenvalue weighted by molar-refractivity contribution is 7.99. The van der Waals surface area contributed by atoms with Crippen LogP contribution in [-0.4, -0.2) is 29.3 Å². The van der Waals surface area contributed by atoms with Crippen molar-refractivity contribution >= 4 is 35.2 Å². The number of thioether (sulfide) groups is 1. The van der Waals surface area contributed by atoms with Gasteiger partial charge >= 0.3 is 5.97 Å². The number of halogens is 1. The first kappa shape index (κ1) is 16.9. The molecule has 1 aromatic carbocycles. The van der Waals surface area contributed by atoms with Gasteiger partial charge in [0.15, 0.2) is 0 Å². The van der Waals surface area contributed by atoms with Crippen LogP contribution in [0.15, 0.2) is 29.2 Å². The second kappa shape index (κ2) is 8.87. The van der Waals surface area contributed by atoms with Crippen molar-refractivity contribution in [3.63, 3.8) is 0 Å². The summed E-state index contributed by atoms with van der Waals surface area (Å²) in [5, 5.41) is 12.1. The number of hydrogen-bond acceptors (Lipinski definition) is 3. The SMILES string of the molecule is CC(CCNC(=O)CCSc1ccc(Cl)cc1)C(=O)O. The van der Waals surface area contributed by atoms with E-state index in [1.54, 1.807) is 18.7 Å². The molecule has 0 aliphatic heterocycles. The molecular weight excluding hydrogens is 298 g/mol. The van der Waals surface area contributed by atoms with E-state index >= 15 is 0 Å². The minimum absolute atomic E-state index is 0.0518. The Balaban J connectivity index is 2.14. The van der Waals surface area contributed by atoms with Gasteiger partial charge < -0.3 is 10.4 Å². The molecule has 6 heteroatoms. The lowest BCUT2D eigenvalue weighted by Crippen LogP contribution is -2.27. The number of nitrogens with one attached hydrogen (secondary N) is 1. The molecule has 1 amide bonds. The van der Waals surface area contributed by atoms with Crippen LogP contribution in [0.3, 0.4) is 0 Å². The van der Waals surface area contributed by atoms with Crippen molar-refractivity contribution < 1.29 is 14.7 Å². The summed E-state index contributed by atoms with van der Waals surface area (Å²) >= 11 is 7.37. The predicted molar refractivity (Wildman–Crippen MR) is 81.2 cm³/mol. The number of carbonyl (C=O) groups is 2. The van der Waals surface area contributed by atoms with Crippen molar-refractivity contribution in [2.75, 3.05) is 12.3 Å². The Morgan fingerprint density at radius 3 is 2.60 bits per heavy atom. The van der Waals surface area contributed by atoms with Crippen LogP contribution in [0.25, 0.3) is 0 Å². The topological polar surface area (TPSA) is 66.4 Å². The fourth-order valence-corrected chi connectivity index (χ4v) is 2.41. The molecule has 0 heterocycles. The lowest BCUT2D eigenvalue weighted by atomic mass is 10.1. The first-order valence-electron chi connectivity index (χ1n) is 6.37. The summed E-state index contributed by atoms with van der Waals surface area (Å²) in [5.74, 6) is -0.637. The van der Waals surface area contributed by atoms with Gasteiger partial charge in [-0.2, -0.15) is 0 Å². The van der Waals surface area contributed by atoms with Crippen LogP contribution in [0, 0.1) is 5.92 Å². The second-order valence-electron chi connectivity index (χ2n) is 4.43. The van der Waals surface area contributed by atoms with Crippen LogP contribution >= 0.6 is 23.4 Å². The Morgan fingerprint density at radius 1 is 1.35 bits per heavy atom. The number of carboxylic acids is 1. The molecule has 0 aromatic heterocycles. The maximum absolute atomic E-state index is 11.5. The van der Waals surface area contributed by atoms with Gasteiger partial charge in [-0.1, -0.05) is 18.5 Å². The first-order chi connectivity index (χ1) is 9.49. The molecule has 110 valence electrons. The zero-order valence-electron chi connectivity index (χ0n) is 11.3. The fourth-order valence-electron chi connectivity index (χ4n) is 1.43. The number of carboxylic acid groups (broad SMARTS) is 1. The molecule has 0 fully saturated rings. The van der Waals surface area contributed by atoms with Crippen molar-refractivity contribution in [3.8, 4) is 0 Å². The third-order valence-electron chi connectivity index (χ3n) is 2.73.